The molecule has 0 unspecified atom stereocenters. The first-order valence-corrected chi connectivity index (χ1v) is 11.5. The Hall–Kier alpha value is -2.72. The summed E-state index contributed by atoms with van der Waals surface area (Å²) < 4.78 is 0. The van der Waals surface area contributed by atoms with Gasteiger partial charge in [0.15, 0.2) is 0 Å². The molecule has 1 saturated carbocycles. The number of hydrogen-bond donors (Lipinski definition) is 1. The highest BCUT2D eigenvalue weighted by atomic mass is 35.5. The van der Waals surface area contributed by atoms with Crippen molar-refractivity contribution in [2.24, 2.45) is 11.0 Å². The minimum absolute atomic E-state index is 0.240. The predicted molar refractivity (Wildman–Crippen MR) is 129 cm³/mol. The van der Waals surface area contributed by atoms with Crippen molar-refractivity contribution in [3.8, 4) is 11.3 Å². The molecular weight excluding hydrogens is 406 g/mol. The van der Waals surface area contributed by atoms with Gasteiger partial charge in [-0.1, -0.05) is 74.2 Å². The quantitative estimate of drug-likeness (QED) is 0.355. The number of para-hydroxylation sites is 1. The minimum Gasteiger partial charge on any atom is -0.267 e. The van der Waals surface area contributed by atoms with Gasteiger partial charge in [-0.25, -0.2) is 10.4 Å². The van der Waals surface area contributed by atoms with Crippen LogP contribution in [0.3, 0.4) is 0 Å². The molecule has 4 nitrogen and oxygen atoms in total. The van der Waals surface area contributed by atoms with E-state index in [-0.39, 0.29) is 5.91 Å². The molecule has 0 radical (unpaired) electrons. The van der Waals surface area contributed by atoms with Crippen LogP contribution in [0.5, 0.6) is 0 Å². The van der Waals surface area contributed by atoms with E-state index < -0.39 is 0 Å². The molecule has 160 valence electrons. The molecule has 0 saturated heterocycles. The summed E-state index contributed by atoms with van der Waals surface area (Å²) in [6, 6.07) is 15.6. The Balaban J connectivity index is 1.69. The zero-order valence-corrected chi connectivity index (χ0v) is 18.9. The van der Waals surface area contributed by atoms with Crippen LogP contribution < -0.4 is 5.43 Å². The molecule has 1 heterocycles. The Morgan fingerprint density at radius 2 is 1.87 bits per heavy atom. The minimum atomic E-state index is -0.240. The number of amides is 1. The molecule has 1 aromatic heterocycles. The molecule has 31 heavy (non-hydrogen) atoms. The van der Waals surface area contributed by atoms with Gasteiger partial charge in [0, 0.05) is 16.7 Å². The fraction of sp³-hybridized carbons (Fsp3) is 0.346. The topological polar surface area (TPSA) is 54.4 Å². The zero-order chi connectivity index (χ0) is 21.8. The third-order valence-electron chi connectivity index (χ3n) is 6.22. The van der Waals surface area contributed by atoms with E-state index in [1.54, 1.807) is 6.07 Å². The third kappa shape index (κ3) is 4.80. The smallest absolute Gasteiger partial charge is 0.267 e. The lowest BCUT2D eigenvalue weighted by Crippen LogP contribution is -2.23. The average Bonchev–Trinajstić information content (AvgIpc) is 2.82. The second kappa shape index (κ2) is 9.61. The molecule has 2 aromatic carbocycles. The third-order valence-corrected chi connectivity index (χ3v) is 6.53. The predicted octanol–water partition coefficient (Wildman–Crippen LogP) is 6.80. The first kappa shape index (κ1) is 21.5. The van der Waals surface area contributed by atoms with Crippen molar-refractivity contribution >= 4 is 34.1 Å². The fourth-order valence-electron chi connectivity index (χ4n) is 4.27. The monoisotopic (exact) mass is 433 g/mol. The lowest BCUT2D eigenvalue weighted by atomic mass is 9.86. The Morgan fingerprint density at radius 3 is 2.58 bits per heavy atom. The number of pyridine rings is 1. The SMILES string of the molecule is CCc1ccc(-c2cc(C(=O)N/N=C(\C)C3CCCCC3)c3cccc(Cl)c3n2)cc1. The maximum Gasteiger partial charge on any atom is 0.272 e. The van der Waals surface area contributed by atoms with E-state index in [1.165, 1.54) is 24.8 Å². The van der Waals surface area contributed by atoms with Crippen LogP contribution in [-0.2, 0) is 6.42 Å². The summed E-state index contributed by atoms with van der Waals surface area (Å²) in [5.74, 6) is 0.224. The van der Waals surface area contributed by atoms with Crippen LogP contribution in [0.2, 0.25) is 5.02 Å². The highest BCUT2D eigenvalue weighted by Crippen LogP contribution is 2.29. The second-order valence-corrected chi connectivity index (χ2v) is 8.68. The molecule has 1 fully saturated rings. The van der Waals surface area contributed by atoms with E-state index in [4.69, 9.17) is 16.6 Å². The molecule has 0 atom stereocenters. The van der Waals surface area contributed by atoms with E-state index in [0.717, 1.165) is 41.6 Å². The van der Waals surface area contributed by atoms with Crippen molar-refractivity contribution in [1.29, 1.82) is 0 Å². The second-order valence-electron chi connectivity index (χ2n) is 8.27. The maximum absolute atomic E-state index is 13.2. The molecule has 3 aromatic rings. The Kier molecular flexibility index (Phi) is 6.67. The number of carbonyl (C=O) groups excluding carboxylic acids is 1. The van der Waals surface area contributed by atoms with E-state index >= 15 is 0 Å². The summed E-state index contributed by atoms with van der Waals surface area (Å²) >= 11 is 6.45. The highest BCUT2D eigenvalue weighted by Gasteiger charge is 2.18. The molecule has 5 heteroatoms. The molecule has 1 N–H and O–H groups in total. The van der Waals surface area contributed by atoms with Gasteiger partial charge in [-0.05, 0) is 49.8 Å². The van der Waals surface area contributed by atoms with E-state index in [9.17, 15) is 4.79 Å². The summed E-state index contributed by atoms with van der Waals surface area (Å²) in [7, 11) is 0. The zero-order valence-electron chi connectivity index (χ0n) is 18.1. The maximum atomic E-state index is 13.2. The van der Waals surface area contributed by atoms with E-state index in [2.05, 4.69) is 29.6 Å². The summed E-state index contributed by atoms with van der Waals surface area (Å²) in [6.07, 6.45) is 7.04. The van der Waals surface area contributed by atoms with Crippen LogP contribution in [0.1, 0.15) is 61.9 Å². The number of nitrogens with one attached hydrogen (secondary N) is 1. The van der Waals surface area contributed by atoms with Gasteiger partial charge in [0.2, 0.25) is 0 Å². The molecule has 0 aliphatic heterocycles. The van der Waals surface area contributed by atoms with E-state index in [1.807, 2.05) is 37.3 Å². The van der Waals surface area contributed by atoms with Gasteiger partial charge in [0.1, 0.15) is 0 Å². The first-order valence-electron chi connectivity index (χ1n) is 11.1. The fourth-order valence-corrected chi connectivity index (χ4v) is 4.49. The number of nitrogens with zero attached hydrogens (tertiary/aromatic N) is 2. The van der Waals surface area contributed by atoms with Crippen molar-refractivity contribution in [2.45, 2.75) is 52.4 Å². The van der Waals surface area contributed by atoms with E-state index in [0.29, 0.717) is 22.0 Å². The molecule has 0 bridgehead atoms. The van der Waals surface area contributed by atoms with Crippen LogP contribution in [-0.4, -0.2) is 16.6 Å². The number of benzene rings is 2. The normalized spacial score (nSPS) is 15.3. The molecule has 1 aliphatic carbocycles. The lowest BCUT2D eigenvalue weighted by Gasteiger charge is -2.21. The number of aryl methyl sites for hydroxylation is 1. The lowest BCUT2D eigenvalue weighted by molar-refractivity contribution is 0.0956. The first-order chi connectivity index (χ1) is 15.1. The molecule has 0 spiro atoms. The standard InChI is InChI=1S/C26H28ClN3O/c1-3-18-12-14-20(15-13-18)24-16-22(21-10-7-11-23(27)25(21)28-24)26(31)30-29-17(2)19-8-5-4-6-9-19/h7,10-16,19H,3-6,8-9H2,1-2H3,(H,30,31)/b29-17+. The Bertz CT molecular complexity index is 1120. The van der Waals surface area contributed by atoms with Crippen LogP contribution >= 0.6 is 11.6 Å². The number of halogens is 1. The number of hydrogen-bond acceptors (Lipinski definition) is 3. The van der Waals surface area contributed by atoms with Gasteiger partial charge in [-0.15, -0.1) is 0 Å². The molecule has 1 aliphatic rings. The van der Waals surface area contributed by atoms with Gasteiger partial charge in [-0.3, -0.25) is 4.79 Å². The van der Waals surface area contributed by atoms with Gasteiger partial charge >= 0.3 is 0 Å². The average molecular weight is 434 g/mol. The summed E-state index contributed by atoms with van der Waals surface area (Å²) in [6.45, 7) is 4.14. The Labute approximate surface area is 188 Å². The number of hydrazone groups is 1. The van der Waals surface area contributed by atoms with Crippen molar-refractivity contribution in [3.05, 3.63) is 64.7 Å². The Morgan fingerprint density at radius 1 is 1.13 bits per heavy atom. The van der Waals surface area contributed by atoms with Crippen LogP contribution in [0.15, 0.2) is 53.6 Å². The van der Waals surface area contributed by atoms with Crippen molar-refractivity contribution in [2.75, 3.05) is 0 Å². The van der Waals surface area contributed by atoms with Gasteiger partial charge in [0.25, 0.3) is 5.91 Å². The summed E-state index contributed by atoms with van der Waals surface area (Å²) in [4.78, 5) is 17.9. The number of rotatable bonds is 5. The number of fused-ring (bicyclic) bond motifs is 1. The van der Waals surface area contributed by atoms with Crippen molar-refractivity contribution in [3.63, 3.8) is 0 Å². The molecule has 4 rings (SSSR count). The number of carbonyl (C=O) groups is 1. The van der Waals surface area contributed by atoms with Gasteiger partial charge in [-0.2, -0.15) is 5.10 Å². The van der Waals surface area contributed by atoms with Crippen LogP contribution in [0.4, 0.5) is 0 Å². The molecule has 1 amide bonds. The largest absolute Gasteiger partial charge is 0.272 e. The van der Waals surface area contributed by atoms with Crippen molar-refractivity contribution < 1.29 is 4.79 Å². The number of aromatic nitrogens is 1. The molecular formula is C26H28ClN3O. The van der Waals surface area contributed by atoms with Gasteiger partial charge in [0.05, 0.1) is 21.8 Å². The van der Waals surface area contributed by atoms with Crippen LogP contribution in [0, 0.1) is 5.92 Å². The van der Waals surface area contributed by atoms with Crippen molar-refractivity contribution in [1.82, 2.24) is 10.4 Å². The summed E-state index contributed by atoms with van der Waals surface area (Å²) in [5, 5.41) is 5.70. The van der Waals surface area contributed by atoms with Crippen LogP contribution in [0.25, 0.3) is 22.2 Å². The van der Waals surface area contributed by atoms with Gasteiger partial charge < -0.3 is 0 Å². The highest BCUT2D eigenvalue weighted by molar-refractivity contribution is 6.35. The summed E-state index contributed by atoms with van der Waals surface area (Å²) in [5.41, 5.74) is 7.87.